The molecule has 44 heavy (non-hydrogen) atoms. The molecule has 2 amide bonds. The van der Waals surface area contributed by atoms with Gasteiger partial charge in [-0.3, -0.25) is 15.1 Å². The lowest BCUT2D eigenvalue weighted by Gasteiger charge is -2.14. The van der Waals surface area contributed by atoms with Crippen molar-refractivity contribution < 1.29 is 14.3 Å². The number of halogens is 2. The van der Waals surface area contributed by atoms with Gasteiger partial charge in [0.05, 0.1) is 12.2 Å². The number of unbranched alkanes of at least 4 members (excludes halogenated alkanes) is 10. The van der Waals surface area contributed by atoms with E-state index in [4.69, 9.17) is 32.9 Å². The van der Waals surface area contributed by atoms with E-state index in [1.165, 1.54) is 63.1 Å². The minimum Gasteiger partial charge on any atom is -0.441 e. The Labute approximate surface area is 276 Å². The number of ether oxygens (including phenoxy) is 1. The fraction of sp³-hybridized carbons (Fsp3) is 0.529. The standard InChI is InChI=1S/C34H46Cl2N4O3S/c1-4-5-6-7-8-9-10-11-12-13-14-15-31(41)39-34(42)43-24-30-38-32(25(2)3)33(40(30)23-26-16-18-37-19-17-26)44-29-21-27(35)20-28(36)22-29/h16-22,25H,4-15,23-24H2,1-3H3,(H,39,41,42). The van der Waals surface area contributed by atoms with Gasteiger partial charge >= 0.3 is 6.09 Å². The molecule has 2 heterocycles. The Kier molecular flexibility index (Phi) is 16.1. The number of hydrogen-bond donors (Lipinski definition) is 1. The lowest BCUT2D eigenvalue weighted by molar-refractivity contribution is -0.120. The number of amides is 2. The first-order valence-corrected chi connectivity index (χ1v) is 17.4. The highest BCUT2D eigenvalue weighted by molar-refractivity contribution is 7.99. The zero-order valence-electron chi connectivity index (χ0n) is 26.2. The van der Waals surface area contributed by atoms with E-state index in [0.717, 1.165) is 40.4 Å². The predicted octanol–water partition coefficient (Wildman–Crippen LogP) is 10.4. The van der Waals surface area contributed by atoms with Crippen LogP contribution in [0.5, 0.6) is 0 Å². The number of carbonyl (C=O) groups is 2. The summed E-state index contributed by atoms with van der Waals surface area (Å²) in [7, 11) is 0. The monoisotopic (exact) mass is 660 g/mol. The summed E-state index contributed by atoms with van der Waals surface area (Å²) < 4.78 is 7.53. The van der Waals surface area contributed by atoms with Crippen LogP contribution in [0.1, 0.15) is 121 Å². The number of nitrogens with zero attached hydrogens (tertiary/aromatic N) is 3. The van der Waals surface area contributed by atoms with Crippen LogP contribution in [0.15, 0.2) is 52.6 Å². The van der Waals surface area contributed by atoms with Crippen LogP contribution >= 0.6 is 35.0 Å². The third-order valence-electron chi connectivity index (χ3n) is 7.29. The Balaban J connectivity index is 1.55. The fourth-order valence-corrected chi connectivity index (χ4v) is 6.84. The van der Waals surface area contributed by atoms with Gasteiger partial charge in [0, 0.05) is 33.8 Å². The molecular formula is C34H46Cl2N4O3S. The van der Waals surface area contributed by atoms with Gasteiger partial charge in [-0.25, -0.2) is 9.78 Å². The molecule has 2 aromatic heterocycles. The zero-order valence-corrected chi connectivity index (χ0v) is 28.6. The molecular weight excluding hydrogens is 615 g/mol. The number of rotatable bonds is 19. The second kappa shape index (κ2) is 19.8. The molecule has 240 valence electrons. The van der Waals surface area contributed by atoms with E-state index in [0.29, 0.717) is 28.8 Å². The van der Waals surface area contributed by atoms with Crippen molar-refractivity contribution in [3.05, 3.63) is 69.9 Å². The van der Waals surface area contributed by atoms with Crippen molar-refractivity contribution in [2.75, 3.05) is 0 Å². The normalized spacial score (nSPS) is 11.2. The van der Waals surface area contributed by atoms with E-state index in [9.17, 15) is 9.59 Å². The van der Waals surface area contributed by atoms with Crippen molar-refractivity contribution in [3.63, 3.8) is 0 Å². The van der Waals surface area contributed by atoms with Crippen molar-refractivity contribution in [1.82, 2.24) is 19.9 Å². The van der Waals surface area contributed by atoms with E-state index < -0.39 is 6.09 Å². The Hall–Kier alpha value is -2.55. The minimum absolute atomic E-state index is 0.0841. The summed E-state index contributed by atoms with van der Waals surface area (Å²) in [6.07, 6.45) is 16.3. The first-order valence-electron chi connectivity index (χ1n) is 15.9. The minimum atomic E-state index is -0.765. The summed E-state index contributed by atoms with van der Waals surface area (Å²) in [5.74, 6) is 0.364. The molecule has 0 aliphatic rings. The number of nitrogens with one attached hydrogen (secondary N) is 1. The van der Waals surface area contributed by atoms with Crippen LogP contribution in [0.25, 0.3) is 0 Å². The van der Waals surface area contributed by atoms with Crippen LogP contribution in [0, 0.1) is 0 Å². The third kappa shape index (κ3) is 12.8. The molecule has 3 rings (SSSR count). The second-order valence-electron chi connectivity index (χ2n) is 11.4. The predicted molar refractivity (Wildman–Crippen MR) is 180 cm³/mol. The number of aromatic nitrogens is 3. The molecule has 1 N–H and O–H groups in total. The summed E-state index contributed by atoms with van der Waals surface area (Å²) in [5, 5.41) is 4.37. The molecule has 0 unspecified atom stereocenters. The van der Waals surface area contributed by atoms with Gasteiger partial charge in [0.2, 0.25) is 5.91 Å². The zero-order chi connectivity index (χ0) is 31.7. The topological polar surface area (TPSA) is 86.1 Å². The van der Waals surface area contributed by atoms with E-state index in [1.54, 1.807) is 18.5 Å². The van der Waals surface area contributed by atoms with Crippen LogP contribution < -0.4 is 5.32 Å². The first kappa shape index (κ1) is 35.9. The maximum absolute atomic E-state index is 12.6. The molecule has 0 bridgehead atoms. The lowest BCUT2D eigenvalue weighted by Crippen LogP contribution is -2.31. The van der Waals surface area contributed by atoms with Gasteiger partial charge < -0.3 is 9.30 Å². The van der Waals surface area contributed by atoms with Crippen LogP contribution in [-0.4, -0.2) is 26.5 Å². The van der Waals surface area contributed by atoms with Crippen molar-refractivity contribution in [2.45, 2.75) is 127 Å². The number of pyridine rings is 1. The van der Waals surface area contributed by atoms with Crippen molar-refractivity contribution in [3.8, 4) is 0 Å². The maximum Gasteiger partial charge on any atom is 0.414 e. The average Bonchev–Trinajstić information content (AvgIpc) is 3.31. The molecule has 10 heteroatoms. The van der Waals surface area contributed by atoms with E-state index in [2.05, 4.69) is 31.1 Å². The largest absolute Gasteiger partial charge is 0.441 e. The van der Waals surface area contributed by atoms with Crippen molar-refractivity contribution in [2.24, 2.45) is 0 Å². The van der Waals surface area contributed by atoms with Gasteiger partial charge in [0.25, 0.3) is 0 Å². The highest BCUT2D eigenvalue weighted by atomic mass is 35.5. The number of alkyl carbamates (subject to hydrolysis) is 1. The molecule has 0 radical (unpaired) electrons. The number of carbonyl (C=O) groups excluding carboxylic acids is 2. The summed E-state index contributed by atoms with van der Waals surface area (Å²) in [6.45, 7) is 6.79. The highest BCUT2D eigenvalue weighted by Crippen LogP contribution is 2.37. The number of imide groups is 1. The van der Waals surface area contributed by atoms with Crippen molar-refractivity contribution in [1.29, 1.82) is 0 Å². The van der Waals surface area contributed by atoms with Gasteiger partial charge in [-0.1, -0.05) is 120 Å². The SMILES string of the molecule is CCCCCCCCCCCCCC(=O)NC(=O)OCc1nc(C(C)C)c(Sc2cc(Cl)cc(Cl)c2)n1Cc1ccncc1. The summed E-state index contributed by atoms with van der Waals surface area (Å²) in [5.41, 5.74) is 1.89. The molecule has 3 aromatic rings. The average molecular weight is 662 g/mol. The van der Waals surface area contributed by atoms with Crippen LogP contribution in [0.3, 0.4) is 0 Å². The second-order valence-corrected chi connectivity index (χ2v) is 13.4. The molecule has 0 fully saturated rings. The molecule has 0 atom stereocenters. The van der Waals surface area contributed by atoms with E-state index in [-0.39, 0.29) is 18.4 Å². The van der Waals surface area contributed by atoms with Crippen molar-refractivity contribution >= 4 is 47.0 Å². The van der Waals surface area contributed by atoms with Crippen LogP contribution in [-0.2, 0) is 22.7 Å². The van der Waals surface area contributed by atoms with Gasteiger partial charge in [-0.05, 0) is 48.2 Å². The van der Waals surface area contributed by atoms with E-state index >= 15 is 0 Å². The summed E-state index contributed by atoms with van der Waals surface area (Å²) >= 11 is 14.1. The fourth-order valence-electron chi connectivity index (χ4n) is 4.92. The molecule has 0 spiro atoms. The highest BCUT2D eigenvalue weighted by Gasteiger charge is 2.22. The lowest BCUT2D eigenvalue weighted by atomic mass is 10.1. The molecule has 0 saturated heterocycles. The molecule has 0 aliphatic carbocycles. The summed E-state index contributed by atoms with van der Waals surface area (Å²) in [4.78, 5) is 34.8. The molecule has 0 aliphatic heterocycles. The first-order chi connectivity index (χ1) is 21.3. The Morgan fingerprint density at radius 2 is 1.50 bits per heavy atom. The maximum atomic E-state index is 12.6. The van der Waals surface area contributed by atoms with Gasteiger partial charge in [-0.2, -0.15) is 0 Å². The molecule has 1 aromatic carbocycles. The summed E-state index contributed by atoms with van der Waals surface area (Å²) in [6, 6.07) is 9.28. The number of hydrogen-bond acceptors (Lipinski definition) is 6. The van der Waals surface area contributed by atoms with Gasteiger partial charge in [-0.15, -0.1) is 0 Å². The Bertz CT molecular complexity index is 1300. The van der Waals surface area contributed by atoms with Crippen LogP contribution in [0.2, 0.25) is 10.0 Å². The van der Waals surface area contributed by atoms with Crippen LogP contribution in [0.4, 0.5) is 4.79 Å². The Morgan fingerprint density at radius 3 is 2.09 bits per heavy atom. The van der Waals surface area contributed by atoms with E-state index in [1.807, 2.05) is 28.8 Å². The van der Waals surface area contributed by atoms with Gasteiger partial charge in [0.15, 0.2) is 6.61 Å². The van der Waals surface area contributed by atoms with Gasteiger partial charge in [0.1, 0.15) is 10.9 Å². The molecule has 7 nitrogen and oxygen atoms in total. The molecule has 0 saturated carbocycles. The smallest absolute Gasteiger partial charge is 0.414 e. The quantitative estimate of drug-likeness (QED) is 0.129. The number of imidazole rings is 1. The Morgan fingerprint density at radius 1 is 0.909 bits per heavy atom. The third-order valence-corrected chi connectivity index (χ3v) is 8.82. The number of benzene rings is 1.